The first-order chi connectivity index (χ1) is 12.8. The molecule has 2 aromatic rings. The minimum Gasteiger partial charge on any atom is -0.365 e. The number of rotatable bonds is 5. The summed E-state index contributed by atoms with van der Waals surface area (Å²) in [6, 6.07) is 3.19. The summed E-state index contributed by atoms with van der Waals surface area (Å²) in [6.45, 7) is 4.29. The monoisotopic (exact) mass is 385 g/mol. The van der Waals surface area contributed by atoms with Crippen LogP contribution in [-0.4, -0.2) is 23.2 Å². The Morgan fingerprint density at radius 2 is 1.89 bits per heavy atom. The van der Waals surface area contributed by atoms with Crippen molar-refractivity contribution in [2.75, 3.05) is 18.5 Å². The number of anilines is 1. The molecule has 0 unspecified atom stereocenters. The van der Waals surface area contributed by atoms with Gasteiger partial charge in [0.2, 0.25) is 0 Å². The number of benzene rings is 1. The lowest BCUT2D eigenvalue weighted by Gasteiger charge is -2.19. The van der Waals surface area contributed by atoms with Gasteiger partial charge in [-0.15, -0.1) is 0 Å². The molecule has 0 amide bonds. The smallest absolute Gasteiger partial charge is 0.365 e. The van der Waals surface area contributed by atoms with Crippen molar-refractivity contribution in [3.63, 3.8) is 0 Å². The maximum atomic E-state index is 14.3. The molecule has 1 aliphatic rings. The largest absolute Gasteiger partial charge is 0.419 e. The van der Waals surface area contributed by atoms with E-state index in [4.69, 9.17) is 9.47 Å². The Hall–Kier alpha value is -2.26. The highest BCUT2D eigenvalue weighted by molar-refractivity contribution is 5.48. The highest BCUT2D eigenvalue weighted by atomic mass is 19.4. The summed E-state index contributed by atoms with van der Waals surface area (Å²) < 4.78 is 64.0. The lowest BCUT2D eigenvalue weighted by Crippen LogP contribution is -2.15. The molecule has 0 aliphatic carbocycles. The van der Waals surface area contributed by atoms with E-state index < -0.39 is 23.8 Å². The second kappa shape index (κ2) is 7.77. The third kappa shape index (κ3) is 4.19. The molecule has 3 rings (SSSR count). The highest BCUT2D eigenvalue weighted by Gasteiger charge is 2.35. The molecule has 146 valence electrons. The average molecular weight is 385 g/mol. The summed E-state index contributed by atoms with van der Waals surface area (Å²) in [5.74, 6) is -0.447. The zero-order chi connectivity index (χ0) is 19.6. The quantitative estimate of drug-likeness (QED) is 0.784. The van der Waals surface area contributed by atoms with Crippen LogP contribution in [0.15, 0.2) is 18.2 Å². The second-order valence-electron chi connectivity index (χ2n) is 6.04. The third-order valence-corrected chi connectivity index (χ3v) is 4.16. The van der Waals surface area contributed by atoms with Gasteiger partial charge >= 0.3 is 6.18 Å². The topological polar surface area (TPSA) is 56.3 Å². The number of aromatic nitrogens is 2. The van der Waals surface area contributed by atoms with Gasteiger partial charge in [0.25, 0.3) is 0 Å². The van der Waals surface area contributed by atoms with E-state index in [2.05, 4.69) is 15.3 Å². The minimum absolute atomic E-state index is 0.113. The van der Waals surface area contributed by atoms with E-state index in [9.17, 15) is 17.6 Å². The molecule has 0 saturated carbocycles. The molecule has 1 saturated heterocycles. The van der Waals surface area contributed by atoms with Crippen LogP contribution in [0, 0.1) is 12.7 Å². The van der Waals surface area contributed by atoms with Crippen LogP contribution >= 0.6 is 0 Å². The molecule has 27 heavy (non-hydrogen) atoms. The van der Waals surface area contributed by atoms with Crippen molar-refractivity contribution in [1.82, 2.24) is 9.97 Å². The fraction of sp³-hybridized carbons (Fsp3) is 0.444. The first kappa shape index (κ1) is 19.5. The Kier molecular flexibility index (Phi) is 5.61. The molecule has 0 spiro atoms. The van der Waals surface area contributed by atoms with Crippen molar-refractivity contribution < 1.29 is 27.0 Å². The van der Waals surface area contributed by atoms with Gasteiger partial charge in [-0.05, 0) is 19.4 Å². The molecule has 5 nitrogen and oxygen atoms in total. The number of aryl methyl sites for hydroxylation is 2. The Bertz CT molecular complexity index is 821. The summed E-state index contributed by atoms with van der Waals surface area (Å²) in [5, 5.41) is 2.92. The van der Waals surface area contributed by atoms with Gasteiger partial charge < -0.3 is 14.8 Å². The van der Waals surface area contributed by atoms with Gasteiger partial charge in [0.1, 0.15) is 17.5 Å². The lowest BCUT2D eigenvalue weighted by molar-refractivity contribution is -0.140. The summed E-state index contributed by atoms with van der Waals surface area (Å²) in [5.41, 5.74) is -0.106. The standard InChI is InChI=1S/C18H19F4N3O2/c1-3-13-14(17-26-7-8-27-17)16(25-10(2)24-13)23-9-11-5-4-6-12(15(11)19)18(20,21)22/h4-6,17H,3,7-9H2,1-2H3,(H,23,24,25). The summed E-state index contributed by atoms with van der Waals surface area (Å²) >= 11 is 0. The maximum absolute atomic E-state index is 14.3. The van der Waals surface area contributed by atoms with Gasteiger partial charge in [0.15, 0.2) is 6.29 Å². The van der Waals surface area contributed by atoms with E-state index in [0.29, 0.717) is 48.6 Å². The Morgan fingerprint density at radius 1 is 1.19 bits per heavy atom. The van der Waals surface area contributed by atoms with Crippen molar-refractivity contribution in [2.45, 2.75) is 39.3 Å². The molecule has 1 aromatic carbocycles. The number of alkyl halides is 3. The van der Waals surface area contributed by atoms with E-state index in [-0.39, 0.29) is 12.1 Å². The summed E-state index contributed by atoms with van der Waals surface area (Å²) in [4.78, 5) is 8.70. The first-order valence-corrected chi connectivity index (χ1v) is 8.50. The number of hydrogen-bond donors (Lipinski definition) is 1. The normalized spacial score (nSPS) is 15.3. The number of hydrogen-bond acceptors (Lipinski definition) is 5. The van der Waals surface area contributed by atoms with Gasteiger partial charge in [-0.1, -0.05) is 19.1 Å². The van der Waals surface area contributed by atoms with E-state index in [1.807, 2.05) is 6.92 Å². The van der Waals surface area contributed by atoms with Crippen molar-refractivity contribution >= 4 is 5.82 Å². The summed E-state index contributed by atoms with van der Waals surface area (Å²) in [6.07, 6.45) is -4.82. The van der Waals surface area contributed by atoms with E-state index in [1.165, 1.54) is 12.1 Å². The lowest BCUT2D eigenvalue weighted by atomic mass is 10.1. The van der Waals surface area contributed by atoms with Crippen LogP contribution in [-0.2, 0) is 28.6 Å². The van der Waals surface area contributed by atoms with Crippen LogP contribution in [0.5, 0.6) is 0 Å². The van der Waals surface area contributed by atoms with Crippen LogP contribution in [0.3, 0.4) is 0 Å². The molecule has 0 radical (unpaired) electrons. The van der Waals surface area contributed by atoms with Crippen LogP contribution < -0.4 is 5.32 Å². The van der Waals surface area contributed by atoms with Gasteiger partial charge in [0, 0.05) is 12.1 Å². The van der Waals surface area contributed by atoms with Gasteiger partial charge in [-0.2, -0.15) is 13.2 Å². The van der Waals surface area contributed by atoms with Crippen molar-refractivity contribution in [3.05, 3.63) is 52.2 Å². The maximum Gasteiger partial charge on any atom is 0.419 e. The Labute approximate surface area is 153 Å². The molecule has 0 bridgehead atoms. The predicted octanol–water partition coefficient (Wildman–Crippen LogP) is 4.16. The van der Waals surface area contributed by atoms with Crippen LogP contribution in [0.25, 0.3) is 0 Å². The van der Waals surface area contributed by atoms with Crippen molar-refractivity contribution in [2.24, 2.45) is 0 Å². The molecule has 2 heterocycles. The molecule has 9 heteroatoms. The zero-order valence-electron chi connectivity index (χ0n) is 14.9. The fourth-order valence-electron chi connectivity index (χ4n) is 2.93. The predicted molar refractivity (Wildman–Crippen MR) is 89.5 cm³/mol. The average Bonchev–Trinajstić information content (AvgIpc) is 3.13. The van der Waals surface area contributed by atoms with Gasteiger partial charge in [0.05, 0.1) is 30.0 Å². The molecule has 0 atom stereocenters. The number of ether oxygens (including phenoxy) is 2. The number of halogens is 4. The summed E-state index contributed by atoms with van der Waals surface area (Å²) in [7, 11) is 0. The van der Waals surface area contributed by atoms with Crippen molar-refractivity contribution in [1.29, 1.82) is 0 Å². The molecule has 1 N–H and O–H groups in total. The Morgan fingerprint density at radius 3 is 2.52 bits per heavy atom. The van der Waals surface area contributed by atoms with E-state index in [0.717, 1.165) is 0 Å². The van der Waals surface area contributed by atoms with Crippen LogP contribution in [0.1, 0.15) is 41.4 Å². The van der Waals surface area contributed by atoms with E-state index >= 15 is 0 Å². The first-order valence-electron chi connectivity index (χ1n) is 8.50. The molecular weight excluding hydrogens is 366 g/mol. The Balaban J connectivity index is 1.91. The molecular formula is C18H19F4N3O2. The van der Waals surface area contributed by atoms with Gasteiger partial charge in [-0.25, -0.2) is 14.4 Å². The second-order valence-corrected chi connectivity index (χ2v) is 6.04. The van der Waals surface area contributed by atoms with Crippen LogP contribution in [0.4, 0.5) is 23.4 Å². The molecule has 1 aliphatic heterocycles. The minimum atomic E-state index is -4.75. The number of nitrogens with one attached hydrogen (secondary N) is 1. The van der Waals surface area contributed by atoms with Crippen molar-refractivity contribution in [3.8, 4) is 0 Å². The number of nitrogens with zero attached hydrogens (tertiary/aromatic N) is 2. The highest BCUT2D eigenvalue weighted by Crippen LogP contribution is 2.34. The SMILES string of the molecule is CCc1nc(C)nc(NCc2cccc(C(F)(F)F)c2F)c1C1OCCO1. The van der Waals surface area contributed by atoms with Crippen LogP contribution in [0.2, 0.25) is 0 Å². The third-order valence-electron chi connectivity index (χ3n) is 4.16. The zero-order valence-corrected chi connectivity index (χ0v) is 14.9. The molecule has 1 fully saturated rings. The van der Waals surface area contributed by atoms with Gasteiger partial charge in [-0.3, -0.25) is 0 Å². The fourth-order valence-corrected chi connectivity index (χ4v) is 2.93. The van der Waals surface area contributed by atoms with E-state index in [1.54, 1.807) is 6.92 Å². The molecule has 1 aromatic heterocycles.